The van der Waals surface area contributed by atoms with Crippen molar-refractivity contribution in [3.63, 3.8) is 0 Å². The lowest BCUT2D eigenvalue weighted by Crippen LogP contribution is -2.26. The van der Waals surface area contributed by atoms with Crippen LogP contribution in [0.5, 0.6) is 0 Å². The van der Waals surface area contributed by atoms with Crippen molar-refractivity contribution in [3.05, 3.63) is 24.0 Å². The van der Waals surface area contributed by atoms with E-state index in [1.54, 1.807) is 12.3 Å². The van der Waals surface area contributed by atoms with Crippen molar-refractivity contribution >= 4 is 11.7 Å². The van der Waals surface area contributed by atoms with Gasteiger partial charge in [-0.25, -0.2) is 9.78 Å². The van der Waals surface area contributed by atoms with E-state index in [0.717, 1.165) is 12.2 Å². The summed E-state index contributed by atoms with van der Waals surface area (Å²) in [4.78, 5) is 14.7. The van der Waals surface area contributed by atoms with Gasteiger partial charge in [-0.05, 0) is 36.8 Å². The van der Waals surface area contributed by atoms with Crippen molar-refractivity contribution in [1.29, 1.82) is 0 Å². The Bertz CT molecular complexity index is 426. The second kappa shape index (κ2) is 5.38. The monoisotopic (exact) mass is 248 g/mol. The molecule has 1 aromatic heterocycles. The molecule has 1 fully saturated rings. The molecule has 98 valence electrons. The predicted octanol–water partition coefficient (Wildman–Crippen LogP) is 3.16. The average Bonchev–Trinajstić information content (AvgIpc) is 2.86. The summed E-state index contributed by atoms with van der Waals surface area (Å²) in [5.41, 5.74) is 1.34. The zero-order valence-corrected chi connectivity index (χ0v) is 10.8. The second-order valence-corrected chi connectivity index (χ2v) is 5.15. The van der Waals surface area contributed by atoms with Gasteiger partial charge in [0.15, 0.2) is 0 Å². The van der Waals surface area contributed by atoms with Gasteiger partial charge in [-0.3, -0.25) is 0 Å². The minimum atomic E-state index is -0.982. The van der Waals surface area contributed by atoms with Crippen molar-refractivity contribution in [2.45, 2.75) is 39.0 Å². The van der Waals surface area contributed by atoms with E-state index in [4.69, 9.17) is 5.11 Å². The lowest BCUT2D eigenvalue weighted by atomic mass is 9.83. The molecule has 1 heterocycles. The molecule has 0 spiro atoms. The van der Waals surface area contributed by atoms with E-state index in [0.29, 0.717) is 5.41 Å². The highest BCUT2D eigenvalue weighted by molar-refractivity contribution is 5.86. The van der Waals surface area contributed by atoms with E-state index >= 15 is 0 Å². The Labute approximate surface area is 107 Å². The Balaban J connectivity index is 2.01. The summed E-state index contributed by atoms with van der Waals surface area (Å²) >= 11 is 0. The maximum atomic E-state index is 10.8. The van der Waals surface area contributed by atoms with Crippen LogP contribution in [0.3, 0.4) is 0 Å². The van der Waals surface area contributed by atoms with Crippen LogP contribution in [0.4, 0.5) is 5.69 Å². The largest absolute Gasteiger partial charge is 0.477 e. The first kappa shape index (κ1) is 12.9. The molecular formula is C14H20N2O2. The standard InChI is InChI=1S/C14H20N2O2/c1-2-14(6-3-4-7-14)10-16-11-5-8-15-12(9-11)13(17)18/h5,8-9H,2-4,6-7,10H2,1H3,(H,15,16)(H,17,18). The first-order valence-corrected chi connectivity index (χ1v) is 6.58. The van der Waals surface area contributed by atoms with Crippen LogP contribution in [-0.2, 0) is 0 Å². The van der Waals surface area contributed by atoms with Crippen molar-refractivity contribution in [2.24, 2.45) is 5.41 Å². The minimum absolute atomic E-state index is 0.0944. The Kier molecular flexibility index (Phi) is 3.84. The molecule has 0 unspecified atom stereocenters. The summed E-state index contributed by atoms with van der Waals surface area (Å²) < 4.78 is 0. The molecule has 1 aliphatic carbocycles. The van der Waals surface area contributed by atoms with Gasteiger partial charge in [-0.2, -0.15) is 0 Å². The quantitative estimate of drug-likeness (QED) is 0.840. The van der Waals surface area contributed by atoms with Crippen LogP contribution < -0.4 is 5.32 Å². The van der Waals surface area contributed by atoms with Gasteiger partial charge in [0.1, 0.15) is 5.69 Å². The molecule has 0 aromatic carbocycles. The Hall–Kier alpha value is -1.58. The number of pyridine rings is 1. The molecular weight excluding hydrogens is 228 g/mol. The first-order chi connectivity index (χ1) is 8.65. The van der Waals surface area contributed by atoms with Gasteiger partial charge in [0.05, 0.1) is 0 Å². The molecule has 1 aromatic rings. The molecule has 18 heavy (non-hydrogen) atoms. The van der Waals surface area contributed by atoms with Crippen molar-refractivity contribution in [2.75, 3.05) is 11.9 Å². The first-order valence-electron chi connectivity index (χ1n) is 6.58. The molecule has 0 bridgehead atoms. The normalized spacial score (nSPS) is 17.6. The van der Waals surface area contributed by atoms with E-state index in [1.807, 2.05) is 6.07 Å². The third-order valence-corrected chi connectivity index (χ3v) is 4.06. The van der Waals surface area contributed by atoms with E-state index < -0.39 is 5.97 Å². The minimum Gasteiger partial charge on any atom is -0.477 e. The van der Waals surface area contributed by atoms with Crippen molar-refractivity contribution < 1.29 is 9.90 Å². The number of aromatic nitrogens is 1. The fourth-order valence-corrected chi connectivity index (χ4v) is 2.73. The summed E-state index contributed by atoms with van der Waals surface area (Å²) in [6, 6.07) is 3.42. The average molecular weight is 248 g/mol. The molecule has 4 heteroatoms. The molecule has 1 aliphatic rings. The molecule has 0 radical (unpaired) electrons. The highest BCUT2D eigenvalue weighted by Crippen LogP contribution is 2.40. The number of carboxylic acid groups (broad SMARTS) is 1. The Morgan fingerprint density at radius 3 is 2.83 bits per heavy atom. The lowest BCUT2D eigenvalue weighted by molar-refractivity contribution is 0.0690. The fraction of sp³-hybridized carbons (Fsp3) is 0.571. The second-order valence-electron chi connectivity index (χ2n) is 5.15. The molecule has 0 amide bonds. The molecule has 4 nitrogen and oxygen atoms in total. The number of hydrogen-bond acceptors (Lipinski definition) is 3. The molecule has 2 N–H and O–H groups in total. The van der Waals surface area contributed by atoms with Gasteiger partial charge in [0.25, 0.3) is 0 Å². The number of carbonyl (C=O) groups is 1. The van der Waals surface area contributed by atoms with Crippen molar-refractivity contribution in [3.8, 4) is 0 Å². The van der Waals surface area contributed by atoms with Gasteiger partial charge in [0.2, 0.25) is 0 Å². The third-order valence-electron chi connectivity index (χ3n) is 4.06. The van der Waals surface area contributed by atoms with E-state index in [2.05, 4.69) is 17.2 Å². The Morgan fingerprint density at radius 1 is 1.50 bits per heavy atom. The summed E-state index contributed by atoms with van der Waals surface area (Å²) in [6.07, 6.45) is 7.88. The van der Waals surface area contributed by atoms with Crippen LogP contribution in [0.1, 0.15) is 49.5 Å². The SMILES string of the molecule is CCC1(CNc2ccnc(C(=O)O)c2)CCCC1. The summed E-state index contributed by atoms with van der Waals surface area (Å²) in [7, 11) is 0. The molecule has 2 rings (SSSR count). The maximum absolute atomic E-state index is 10.8. The van der Waals surface area contributed by atoms with E-state index in [1.165, 1.54) is 32.1 Å². The number of nitrogens with zero attached hydrogens (tertiary/aromatic N) is 1. The van der Waals surface area contributed by atoms with Crippen LogP contribution >= 0.6 is 0 Å². The molecule has 0 aliphatic heterocycles. The van der Waals surface area contributed by atoms with Crippen LogP contribution in [0.25, 0.3) is 0 Å². The van der Waals surface area contributed by atoms with Gasteiger partial charge in [-0.1, -0.05) is 19.8 Å². The number of aromatic carboxylic acids is 1. The molecule has 0 saturated heterocycles. The fourth-order valence-electron chi connectivity index (χ4n) is 2.73. The summed E-state index contributed by atoms with van der Waals surface area (Å²) in [6.45, 7) is 3.16. The number of hydrogen-bond donors (Lipinski definition) is 2. The number of carboxylic acids is 1. The highest BCUT2D eigenvalue weighted by atomic mass is 16.4. The molecule has 0 atom stereocenters. The van der Waals surface area contributed by atoms with E-state index in [-0.39, 0.29) is 5.69 Å². The van der Waals surface area contributed by atoms with Gasteiger partial charge < -0.3 is 10.4 Å². The Morgan fingerprint density at radius 2 is 2.22 bits per heavy atom. The third kappa shape index (κ3) is 2.81. The van der Waals surface area contributed by atoms with Crippen LogP contribution in [0.2, 0.25) is 0 Å². The number of nitrogens with one attached hydrogen (secondary N) is 1. The lowest BCUT2D eigenvalue weighted by Gasteiger charge is -2.28. The number of anilines is 1. The maximum Gasteiger partial charge on any atom is 0.354 e. The van der Waals surface area contributed by atoms with Crippen LogP contribution in [0, 0.1) is 5.41 Å². The molecule has 1 saturated carbocycles. The van der Waals surface area contributed by atoms with Crippen molar-refractivity contribution in [1.82, 2.24) is 4.98 Å². The zero-order valence-electron chi connectivity index (χ0n) is 10.8. The van der Waals surface area contributed by atoms with Gasteiger partial charge in [0, 0.05) is 18.4 Å². The zero-order chi connectivity index (χ0) is 13.0. The van der Waals surface area contributed by atoms with Crippen LogP contribution in [-0.4, -0.2) is 22.6 Å². The summed E-state index contributed by atoms with van der Waals surface area (Å²) in [5.74, 6) is -0.982. The van der Waals surface area contributed by atoms with Gasteiger partial charge >= 0.3 is 5.97 Å². The van der Waals surface area contributed by atoms with Gasteiger partial charge in [-0.15, -0.1) is 0 Å². The predicted molar refractivity (Wildman–Crippen MR) is 70.9 cm³/mol. The summed E-state index contributed by atoms with van der Waals surface area (Å²) in [5, 5.41) is 12.3. The van der Waals surface area contributed by atoms with E-state index in [9.17, 15) is 4.79 Å². The topological polar surface area (TPSA) is 62.2 Å². The smallest absolute Gasteiger partial charge is 0.354 e. The number of rotatable bonds is 5. The van der Waals surface area contributed by atoms with Crippen LogP contribution in [0.15, 0.2) is 18.3 Å². The highest BCUT2D eigenvalue weighted by Gasteiger charge is 2.31.